The van der Waals surface area contributed by atoms with Crippen molar-refractivity contribution in [2.45, 2.75) is 6.29 Å². The summed E-state index contributed by atoms with van der Waals surface area (Å²) in [6.07, 6.45) is -0.883. The Morgan fingerprint density at radius 2 is 1.71 bits per heavy atom. The first kappa shape index (κ1) is 13.8. The molecule has 0 unspecified atom stereocenters. The number of ketones is 1. The van der Waals surface area contributed by atoms with Crippen LogP contribution in [0.2, 0.25) is 0 Å². The molecule has 108 valence electrons. The van der Waals surface area contributed by atoms with Crippen LogP contribution in [-0.4, -0.2) is 33.4 Å². The van der Waals surface area contributed by atoms with Gasteiger partial charge in [-0.25, -0.2) is 0 Å². The van der Waals surface area contributed by atoms with Crippen LogP contribution in [0.1, 0.15) is 10.4 Å². The first-order valence-electron chi connectivity index (χ1n) is 6.63. The van der Waals surface area contributed by atoms with Crippen molar-refractivity contribution in [2.24, 2.45) is 0 Å². The summed E-state index contributed by atoms with van der Waals surface area (Å²) in [7, 11) is 4.54. The Morgan fingerprint density at radius 1 is 0.952 bits per heavy atom. The van der Waals surface area contributed by atoms with E-state index in [2.05, 4.69) is 0 Å². The standard InChI is InChI=1S/C17H16O4/c1-19-10-7-8-11-12-5-4-6-13(15(12)14(11)9-10)16(18)17(20-2)21-3/h4-9,17H,1-3H3. The number of benzene rings is 2. The number of Topliss-reactive ketones (excluding diaryl/α,β-unsaturated/α-hetero) is 1. The van der Waals surface area contributed by atoms with Gasteiger partial charge in [-0.3, -0.25) is 4.79 Å². The Kier molecular flexibility index (Phi) is 3.49. The molecule has 0 aromatic heterocycles. The predicted octanol–water partition coefficient (Wildman–Crippen LogP) is 2.38. The number of methoxy groups -OCH3 is 3. The molecule has 4 heteroatoms. The van der Waals surface area contributed by atoms with Gasteiger partial charge in [0.1, 0.15) is 5.75 Å². The zero-order chi connectivity index (χ0) is 15.0. The largest absolute Gasteiger partial charge is 0.497 e. The zero-order valence-electron chi connectivity index (χ0n) is 12.2. The van der Waals surface area contributed by atoms with E-state index in [0.29, 0.717) is 5.56 Å². The van der Waals surface area contributed by atoms with Crippen molar-refractivity contribution >= 4 is 5.78 Å². The minimum atomic E-state index is -0.883. The Labute approximate surface area is 121 Å². The highest BCUT2D eigenvalue weighted by molar-refractivity contribution is 5.99. The predicted molar refractivity (Wildman–Crippen MR) is 76.9 cm³/mol. The van der Waals surface area contributed by atoms with E-state index in [1.165, 1.54) is 14.2 Å². The van der Waals surface area contributed by atoms with Crippen molar-refractivity contribution < 1.29 is 19.0 Å². The van der Waals surface area contributed by atoms with Crippen LogP contribution in [0.4, 0.5) is 0 Å². The van der Waals surface area contributed by atoms with E-state index in [9.17, 15) is 4.79 Å². The highest BCUT2D eigenvalue weighted by atomic mass is 16.7. The summed E-state index contributed by atoms with van der Waals surface area (Å²) in [6.45, 7) is 0. The monoisotopic (exact) mass is 284 g/mol. The van der Waals surface area contributed by atoms with Gasteiger partial charge in [0.25, 0.3) is 0 Å². The summed E-state index contributed by atoms with van der Waals surface area (Å²) in [5, 5.41) is 4.17. The van der Waals surface area contributed by atoms with Gasteiger partial charge in [-0.2, -0.15) is 0 Å². The molecule has 3 rings (SSSR count). The molecule has 4 nitrogen and oxygen atoms in total. The lowest BCUT2D eigenvalue weighted by Crippen LogP contribution is -2.25. The highest BCUT2D eigenvalue weighted by Crippen LogP contribution is 2.22. The fraction of sp³-hybridized carbons (Fsp3) is 0.235. The number of carbonyl (C=O) groups is 1. The Hall–Kier alpha value is -2.17. The van der Waals surface area contributed by atoms with Gasteiger partial charge in [0, 0.05) is 25.0 Å². The first-order chi connectivity index (χ1) is 10.2. The molecule has 0 aliphatic heterocycles. The van der Waals surface area contributed by atoms with Crippen molar-refractivity contribution in [1.29, 1.82) is 0 Å². The maximum absolute atomic E-state index is 12.5. The second-order valence-corrected chi connectivity index (χ2v) is 4.81. The van der Waals surface area contributed by atoms with Crippen molar-refractivity contribution in [3.8, 4) is 5.75 Å². The van der Waals surface area contributed by atoms with Gasteiger partial charge in [0.15, 0.2) is 0 Å². The van der Waals surface area contributed by atoms with E-state index in [1.807, 2.05) is 30.3 Å². The summed E-state index contributed by atoms with van der Waals surface area (Å²) < 4.78 is 15.4. The molecule has 2 aromatic carbocycles. The smallest absolute Gasteiger partial charge is 0.222 e. The molecule has 1 aliphatic rings. The molecule has 0 bridgehead atoms. The molecule has 0 spiro atoms. The van der Waals surface area contributed by atoms with Gasteiger partial charge in [-0.1, -0.05) is 24.3 Å². The Balaban J connectivity index is 2.25. The third-order valence-electron chi connectivity index (χ3n) is 3.76. The number of rotatable bonds is 5. The molecule has 1 aliphatic carbocycles. The molecule has 21 heavy (non-hydrogen) atoms. The molecule has 0 atom stereocenters. The maximum Gasteiger partial charge on any atom is 0.222 e. The van der Waals surface area contributed by atoms with E-state index in [0.717, 1.165) is 26.6 Å². The first-order valence-corrected chi connectivity index (χ1v) is 6.63. The van der Waals surface area contributed by atoms with Gasteiger partial charge < -0.3 is 14.2 Å². The van der Waals surface area contributed by atoms with Crippen LogP contribution in [0, 0.1) is 20.9 Å². The number of fused-ring (bicyclic) bond motifs is 2. The summed E-state index contributed by atoms with van der Waals surface area (Å²) in [4.78, 5) is 12.5. The fourth-order valence-electron chi connectivity index (χ4n) is 2.74. The molecule has 2 aromatic rings. The van der Waals surface area contributed by atoms with Crippen molar-refractivity contribution in [1.82, 2.24) is 0 Å². The summed E-state index contributed by atoms with van der Waals surface area (Å²) >= 11 is 0. The molecular weight excluding hydrogens is 268 g/mol. The van der Waals surface area contributed by atoms with Gasteiger partial charge in [-0.05, 0) is 27.8 Å². The van der Waals surface area contributed by atoms with Crippen LogP contribution in [0.3, 0.4) is 0 Å². The number of ether oxygens (including phenoxy) is 3. The average molecular weight is 284 g/mol. The number of hydrogen-bond acceptors (Lipinski definition) is 4. The Bertz CT molecular complexity index is 882. The minimum Gasteiger partial charge on any atom is -0.497 e. The van der Waals surface area contributed by atoms with Crippen molar-refractivity contribution in [3.05, 3.63) is 62.8 Å². The third-order valence-corrected chi connectivity index (χ3v) is 3.76. The van der Waals surface area contributed by atoms with E-state index in [4.69, 9.17) is 14.2 Å². The van der Waals surface area contributed by atoms with E-state index in [1.54, 1.807) is 13.2 Å². The number of hydrogen-bond donors (Lipinski definition) is 0. The van der Waals surface area contributed by atoms with Crippen LogP contribution in [-0.2, 0) is 9.47 Å². The zero-order valence-corrected chi connectivity index (χ0v) is 12.2. The van der Waals surface area contributed by atoms with Crippen LogP contribution < -0.4 is 4.74 Å². The fourth-order valence-corrected chi connectivity index (χ4v) is 2.74. The highest BCUT2D eigenvalue weighted by Gasteiger charge is 2.21. The average Bonchev–Trinajstić information content (AvgIpc) is 2.52. The second-order valence-electron chi connectivity index (χ2n) is 4.81. The van der Waals surface area contributed by atoms with Crippen LogP contribution >= 0.6 is 0 Å². The van der Waals surface area contributed by atoms with Gasteiger partial charge in [0.2, 0.25) is 12.1 Å². The second kappa shape index (κ2) is 5.31. The van der Waals surface area contributed by atoms with Gasteiger partial charge in [-0.15, -0.1) is 0 Å². The summed E-state index contributed by atoms with van der Waals surface area (Å²) in [6, 6.07) is 11.6. The molecule has 0 N–H and O–H groups in total. The summed E-state index contributed by atoms with van der Waals surface area (Å²) in [5.74, 6) is 0.599. The van der Waals surface area contributed by atoms with Crippen LogP contribution in [0.5, 0.6) is 5.75 Å². The van der Waals surface area contributed by atoms with Crippen molar-refractivity contribution in [2.75, 3.05) is 21.3 Å². The molecule has 0 heterocycles. The molecular formula is C17H16O4. The SMILES string of the molecule is COc1ccc2c(c1)=c1c(C(=O)C(OC)OC)cccc1=2. The van der Waals surface area contributed by atoms with E-state index < -0.39 is 6.29 Å². The van der Waals surface area contributed by atoms with Crippen molar-refractivity contribution in [3.63, 3.8) is 0 Å². The molecule has 0 radical (unpaired) electrons. The molecule has 0 fully saturated rings. The van der Waals surface area contributed by atoms with Crippen LogP contribution in [0.25, 0.3) is 0 Å². The van der Waals surface area contributed by atoms with Gasteiger partial charge in [0.05, 0.1) is 7.11 Å². The van der Waals surface area contributed by atoms with E-state index in [-0.39, 0.29) is 5.78 Å². The summed E-state index contributed by atoms with van der Waals surface area (Å²) in [5.41, 5.74) is 0.613. The molecule has 0 amide bonds. The van der Waals surface area contributed by atoms with Gasteiger partial charge >= 0.3 is 0 Å². The number of carbonyl (C=O) groups excluding carboxylic acids is 1. The molecule has 0 saturated heterocycles. The normalized spacial score (nSPS) is 11.6. The topological polar surface area (TPSA) is 44.8 Å². The third kappa shape index (κ3) is 2.04. The lowest BCUT2D eigenvalue weighted by atomic mass is 9.95. The quantitative estimate of drug-likeness (QED) is 0.533. The lowest BCUT2D eigenvalue weighted by molar-refractivity contribution is -0.0742. The van der Waals surface area contributed by atoms with Crippen LogP contribution in [0.15, 0.2) is 36.4 Å². The minimum absolute atomic E-state index is 0.176. The van der Waals surface area contributed by atoms with E-state index >= 15 is 0 Å². The maximum atomic E-state index is 12.5. The lowest BCUT2D eigenvalue weighted by Gasteiger charge is -2.15. The Morgan fingerprint density at radius 3 is 2.38 bits per heavy atom. The molecule has 0 saturated carbocycles.